The minimum atomic E-state index is -0.947. The van der Waals surface area contributed by atoms with E-state index in [0.717, 1.165) is 44.3 Å². The Morgan fingerprint density at radius 1 is 1.17 bits per heavy atom. The van der Waals surface area contributed by atoms with Gasteiger partial charge in [-0.15, -0.1) is 11.6 Å². The van der Waals surface area contributed by atoms with Crippen LogP contribution in [-0.4, -0.2) is 18.6 Å². The second-order valence-corrected chi connectivity index (χ2v) is 7.70. The van der Waals surface area contributed by atoms with E-state index in [2.05, 4.69) is 6.08 Å². The summed E-state index contributed by atoms with van der Waals surface area (Å²) >= 11 is 6.75. The number of rotatable bonds is 5. The van der Waals surface area contributed by atoms with Crippen LogP contribution in [0.3, 0.4) is 0 Å². The van der Waals surface area contributed by atoms with Crippen LogP contribution in [0.5, 0.6) is 0 Å². The fourth-order valence-corrected chi connectivity index (χ4v) is 4.39. The Hall–Kier alpha value is -1.12. The van der Waals surface area contributed by atoms with Gasteiger partial charge in [0.1, 0.15) is 10.7 Å². The molecule has 1 aromatic rings. The van der Waals surface area contributed by atoms with Gasteiger partial charge in [-0.1, -0.05) is 55.3 Å². The number of halogens is 2. The van der Waals surface area contributed by atoms with Crippen LogP contribution in [0.15, 0.2) is 54.4 Å². The van der Waals surface area contributed by atoms with Crippen molar-refractivity contribution >= 4 is 11.6 Å². The molecule has 0 N–H and O–H groups in total. The van der Waals surface area contributed by atoms with Crippen LogP contribution in [0.1, 0.15) is 43.6 Å². The van der Waals surface area contributed by atoms with E-state index in [0.29, 0.717) is 5.92 Å². The zero-order chi connectivity index (χ0) is 17.0. The lowest BCUT2D eigenvalue weighted by atomic mass is 9.72. The number of alkyl halides is 1. The molecular weight excluding hydrogens is 323 g/mol. The highest BCUT2D eigenvalue weighted by molar-refractivity contribution is 6.27. The molecule has 1 aromatic carbocycles. The summed E-state index contributed by atoms with van der Waals surface area (Å²) in [4.78, 5) is -0.947. The molecule has 2 aliphatic rings. The highest BCUT2D eigenvalue weighted by Gasteiger charge is 2.42. The van der Waals surface area contributed by atoms with E-state index in [1.54, 1.807) is 13.2 Å². The molecule has 24 heavy (non-hydrogen) atoms. The average molecular weight is 349 g/mol. The number of allylic oxidation sites excluding steroid dienone is 4. The molecule has 2 aliphatic carbocycles. The van der Waals surface area contributed by atoms with E-state index >= 15 is 0 Å². The van der Waals surface area contributed by atoms with Gasteiger partial charge in [0, 0.05) is 19.6 Å². The first-order valence-corrected chi connectivity index (χ1v) is 9.31. The monoisotopic (exact) mass is 348 g/mol. The van der Waals surface area contributed by atoms with Crippen molar-refractivity contribution in [1.82, 2.24) is 0 Å². The zero-order valence-electron chi connectivity index (χ0n) is 14.3. The Morgan fingerprint density at radius 2 is 1.88 bits per heavy atom. The first-order valence-electron chi connectivity index (χ1n) is 8.93. The number of methoxy groups -OCH3 is 1. The molecule has 0 radical (unpaired) electrons. The van der Waals surface area contributed by atoms with E-state index in [-0.39, 0.29) is 17.7 Å². The minimum Gasteiger partial charge on any atom is -0.385 e. The molecule has 3 heteroatoms. The molecule has 3 rings (SSSR count). The van der Waals surface area contributed by atoms with Gasteiger partial charge in [0.25, 0.3) is 0 Å². The highest BCUT2D eigenvalue weighted by Crippen LogP contribution is 2.48. The number of ether oxygens (including phenoxy) is 1. The first kappa shape index (κ1) is 17.7. The molecule has 2 atom stereocenters. The van der Waals surface area contributed by atoms with Crippen molar-refractivity contribution in [2.45, 2.75) is 42.9 Å². The SMILES string of the molecule is COCC[C@H]1CC[C@H](C2(Cl)C=CC(c3ccccc3)C=C2F)CC1. The Bertz CT molecular complexity index is 589. The van der Waals surface area contributed by atoms with Crippen LogP contribution < -0.4 is 0 Å². The molecule has 0 heterocycles. The van der Waals surface area contributed by atoms with Crippen LogP contribution in [0.4, 0.5) is 4.39 Å². The normalized spacial score (nSPS) is 33.3. The Labute approximate surface area is 149 Å². The molecule has 0 bridgehead atoms. The van der Waals surface area contributed by atoms with Crippen molar-refractivity contribution in [3.05, 3.63) is 60.0 Å². The molecule has 0 saturated heterocycles. The van der Waals surface area contributed by atoms with Gasteiger partial charge in [0.05, 0.1) is 0 Å². The van der Waals surface area contributed by atoms with Crippen LogP contribution in [0.25, 0.3) is 0 Å². The molecule has 0 amide bonds. The van der Waals surface area contributed by atoms with E-state index in [9.17, 15) is 4.39 Å². The Kier molecular flexibility index (Phi) is 5.78. The number of hydrogen-bond donors (Lipinski definition) is 0. The number of hydrogen-bond acceptors (Lipinski definition) is 1. The maximum absolute atomic E-state index is 14.9. The quantitative estimate of drug-likeness (QED) is 0.467. The zero-order valence-corrected chi connectivity index (χ0v) is 15.0. The summed E-state index contributed by atoms with van der Waals surface area (Å²) in [7, 11) is 1.75. The second kappa shape index (κ2) is 7.84. The van der Waals surface area contributed by atoms with E-state index in [1.165, 1.54) is 0 Å². The smallest absolute Gasteiger partial charge is 0.122 e. The molecule has 0 aromatic heterocycles. The maximum atomic E-state index is 14.9. The summed E-state index contributed by atoms with van der Waals surface area (Å²) in [6.45, 7) is 0.814. The summed E-state index contributed by atoms with van der Waals surface area (Å²) < 4.78 is 20.1. The average Bonchev–Trinajstić information content (AvgIpc) is 2.63. The van der Waals surface area contributed by atoms with Crippen molar-refractivity contribution in [3.8, 4) is 0 Å². The maximum Gasteiger partial charge on any atom is 0.122 e. The molecule has 130 valence electrons. The van der Waals surface area contributed by atoms with Gasteiger partial charge in [-0.25, -0.2) is 4.39 Å². The van der Waals surface area contributed by atoms with Crippen LogP contribution >= 0.6 is 11.6 Å². The topological polar surface area (TPSA) is 9.23 Å². The van der Waals surface area contributed by atoms with E-state index < -0.39 is 4.87 Å². The van der Waals surface area contributed by atoms with Crippen molar-refractivity contribution in [2.24, 2.45) is 11.8 Å². The molecule has 1 nitrogen and oxygen atoms in total. The van der Waals surface area contributed by atoms with Crippen LogP contribution in [0.2, 0.25) is 0 Å². The first-order chi connectivity index (χ1) is 11.6. The van der Waals surface area contributed by atoms with Crippen molar-refractivity contribution in [1.29, 1.82) is 0 Å². The van der Waals surface area contributed by atoms with Gasteiger partial charge in [-0.3, -0.25) is 0 Å². The largest absolute Gasteiger partial charge is 0.385 e. The lowest BCUT2D eigenvalue weighted by Gasteiger charge is -2.39. The Balaban J connectivity index is 1.66. The van der Waals surface area contributed by atoms with Crippen molar-refractivity contribution in [2.75, 3.05) is 13.7 Å². The minimum absolute atomic E-state index is 0.0175. The van der Waals surface area contributed by atoms with Gasteiger partial charge in [0.15, 0.2) is 0 Å². The third-order valence-electron chi connectivity index (χ3n) is 5.59. The summed E-state index contributed by atoms with van der Waals surface area (Å²) in [5, 5.41) is 0. The molecule has 1 fully saturated rings. The lowest BCUT2D eigenvalue weighted by Crippen LogP contribution is -2.35. The fourth-order valence-electron chi connectivity index (χ4n) is 4.03. The molecule has 2 unspecified atom stereocenters. The fraction of sp³-hybridized carbons (Fsp3) is 0.524. The van der Waals surface area contributed by atoms with E-state index in [1.807, 2.05) is 36.4 Å². The van der Waals surface area contributed by atoms with Crippen LogP contribution in [0, 0.1) is 11.8 Å². The third kappa shape index (κ3) is 3.75. The van der Waals surface area contributed by atoms with Gasteiger partial charge in [0.2, 0.25) is 0 Å². The van der Waals surface area contributed by atoms with Gasteiger partial charge in [-0.2, -0.15) is 0 Å². The van der Waals surface area contributed by atoms with Crippen molar-refractivity contribution < 1.29 is 9.13 Å². The lowest BCUT2D eigenvalue weighted by molar-refractivity contribution is 0.152. The highest BCUT2D eigenvalue weighted by atomic mass is 35.5. The summed E-state index contributed by atoms with van der Waals surface area (Å²) in [5.74, 6) is 0.678. The van der Waals surface area contributed by atoms with Gasteiger partial charge < -0.3 is 4.74 Å². The van der Waals surface area contributed by atoms with E-state index in [4.69, 9.17) is 16.3 Å². The summed E-state index contributed by atoms with van der Waals surface area (Å²) in [6, 6.07) is 10.0. The third-order valence-corrected chi connectivity index (χ3v) is 6.21. The molecule has 1 saturated carbocycles. The molecule has 0 aliphatic heterocycles. The van der Waals surface area contributed by atoms with Gasteiger partial charge in [-0.05, 0) is 42.7 Å². The Morgan fingerprint density at radius 3 is 2.50 bits per heavy atom. The number of benzene rings is 1. The summed E-state index contributed by atoms with van der Waals surface area (Å²) in [5.41, 5.74) is 1.10. The predicted octanol–water partition coefficient (Wildman–Crippen LogP) is 6.01. The molecular formula is C21H26ClFO. The second-order valence-electron chi connectivity index (χ2n) is 7.08. The predicted molar refractivity (Wildman–Crippen MR) is 98.0 cm³/mol. The van der Waals surface area contributed by atoms with Gasteiger partial charge >= 0.3 is 0 Å². The van der Waals surface area contributed by atoms with Crippen LogP contribution in [-0.2, 0) is 4.74 Å². The summed E-state index contributed by atoms with van der Waals surface area (Å²) in [6.07, 6.45) is 11.0. The standard InChI is InChI=1S/C21H26ClFO/c1-24-14-12-16-7-9-19(10-8-16)21(22)13-11-18(15-20(21)23)17-5-3-2-4-6-17/h2-6,11,13,15-16,18-19H,7-10,12,14H2,1H3/t16-,18?,19-,21?. The van der Waals surface area contributed by atoms with Crippen molar-refractivity contribution in [3.63, 3.8) is 0 Å². The molecule has 0 spiro atoms.